The molecule has 2 aliphatic rings. The van der Waals surface area contributed by atoms with E-state index in [9.17, 15) is 0 Å². The monoisotopic (exact) mass is 365 g/mol. The zero-order chi connectivity index (χ0) is 18.3. The molecule has 0 bridgehead atoms. The van der Waals surface area contributed by atoms with Gasteiger partial charge in [0, 0.05) is 44.1 Å². The van der Waals surface area contributed by atoms with E-state index in [1.54, 1.807) is 12.5 Å². The van der Waals surface area contributed by atoms with Crippen molar-refractivity contribution in [1.29, 1.82) is 0 Å². The van der Waals surface area contributed by atoms with Crippen LogP contribution in [0.4, 0.5) is 11.5 Å². The number of piperazine rings is 1. The van der Waals surface area contributed by atoms with Crippen molar-refractivity contribution in [1.82, 2.24) is 14.9 Å². The first kappa shape index (κ1) is 18.2. The smallest absolute Gasteiger partial charge is 0.129 e. The first-order valence-corrected chi connectivity index (χ1v) is 10.4. The lowest BCUT2D eigenvalue weighted by atomic mass is 9.84. The number of nitrogens with zero attached hydrogens (tertiary/aromatic N) is 4. The highest BCUT2D eigenvalue weighted by Crippen LogP contribution is 2.28. The minimum atomic E-state index is 0.575. The number of hydrogen-bond acceptors (Lipinski definition) is 5. The van der Waals surface area contributed by atoms with Gasteiger partial charge in [0.15, 0.2) is 0 Å². The van der Waals surface area contributed by atoms with Crippen LogP contribution >= 0.6 is 0 Å². The van der Waals surface area contributed by atoms with Gasteiger partial charge >= 0.3 is 0 Å². The van der Waals surface area contributed by atoms with E-state index in [0.717, 1.165) is 24.8 Å². The third-order valence-electron chi connectivity index (χ3n) is 6.13. The fourth-order valence-corrected chi connectivity index (χ4v) is 4.41. The third kappa shape index (κ3) is 5.19. The van der Waals surface area contributed by atoms with Crippen molar-refractivity contribution < 1.29 is 0 Å². The first-order chi connectivity index (χ1) is 13.4. The summed E-state index contributed by atoms with van der Waals surface area (Å²) in [4.78, 5) is 13.4. The minimum absolute atomic E-state index is 0.575. The zero-order valence-corrected chi connectivity index (χ0v) is 16.1. The summed E-state index contributed by atoms with van der Waals surface area (Å²) in [6, 6.07) is 13.4. The van der Waals surface area contributed by atoms with E-state index in [-0.39, 0.29) is 0 Å². The molecule has 1 N–H and O–H groups in total. The summed E-state index contributed by atoms with van der Waals surface area (Å²) in [5.41, 5.74) is 1.37. The molecule has 5 heteroatoms. The summed E-state index contributed by atoms with van der Waals surface area (Å²) < 4.78 is 0. The summed E-state index contributed by atoms with van der Waals surface area (Å²) in [5.74, 6) is 1.85. The normalized spacial score (nSPS) is 23.9. The van der Waals surface area contributed by atoms with Crippen LogP contribution in [0.1, 0.15) is 32.1 Å². The summed E-state index contributed by atoms with van der Waals surface area (Å²) in [6.45, 7) is 5.95. The van der Waals surface area contributed by atoms with Crippen LogP contribution in [0.25, 0.3) is 0 Å². The number of para-hydroxylation sites is 1. The molecule has 0 atom stereocenters. The van der Waals surface area contributed by atoms with Gasteiger partial charge in [-0.25, -0.2) is 9.97 Å². The maximum absolute atomic E-state index is 4.28. The summed E-state index contributed by atoms with van der Waals surface area (Å²) in [6.07, 6.45) is 9.97. The van der Waals surface area contributed by atoms with E-state index in [1.807, 2.05) is 6.07 Å². The Labute approximate surface area is 162 Å². The van der Waals surface area contributed by atoms with Crippen molar-refractivity contribution in [2.24, 2.45) is 5.92 Å². The van der Waals surface area contributed by atoms with Crippen molar-refractivity contribution in [3.63, 3.8) is 0 Å². The predicted molar refractivity (Wildman–Crippen MR) is 111 cm³/mol. The zero-order valence-electron chi connectivity index (χ0n) is 16.1. The van der Waals surface area contributed by atoms with Crippen LogP contribution in [-0.4, -0.2) is 53.6 Å². The second-order valence-electron chi connectivity index (χ2n) is 7.91. The Morgan fingerprint density at radius 3 is 2.41 bits per heavy atom. The van der Waals surface area contributed by atoms with Crippen molar-refractivity contribution in [2.75, 3.05) is 42.9 Å². The van der Waals surface area contributed by atoms with Crippen LogP contribution in [-0.2, 0) is 0 Å². The third-order valence-corrected chi connectivity index (χ3v) is 6.13. The molecule has 1 aromatic carbocycles. The molecule has 1 aliphatic heterocycles. The Bertz CT molecular complexity index is 662. The first-order valence-electron chi connectivity index (χ1n) is 10.4. The van der Waals surface area contributed by atoms with Crippen LogP contribution in [0.3, 0.4) is 0 Å². The highest BCUT2D eigenvalue weighted by molar-refractivity contribution is 5.46. The van der Waals surface area contributed by atoms with Gasteiger partial charge < -0.3 is 10.2 Å². The SMILES string of the molecule is c1ccc(N2CCN(CCC3CCC(Nc4ccncn4)CC3)CC2)cc1. The van der Waals surface area contributed by atoms with Gasteiger partial charge in [-0.05, 0) is 62.8 Å². The van der Waals surface area contributed by atoms with Gasteiger partial charge in [-0.1, -0.05) is 18.2 Å². The molecule has 0 spiro atoms. The van der Waals surface area contributed by atoms with Gasteiger partial charge in [-0.2, -0.15) is 0 Å². The number of anilines is 2. The molecule has 4 rings (SSSR count). The molecule has 1 saturated heterocycles. The number of nitrogens with one attached hydrogen (secondary N) is 1. The van der Waals surface area contributed by atoms with E-state index in [2.05, 4.69) is 55.4 Å². The summed E-state index contributed by atoms with van der Waals surface area (Å²) in [5, 5.41) is 3.56. The van der Waals surface area contributed by atoms with Gasteiger partial charge in [0.2, 0.25) is 0 Å². The van der Waals surface area contributed by atoms with Crippen molar-refractivity contribution >= 4 is 11.5 Å². The van der Waals surface area contributed by atoms with E-state index in [0.29, 0.717) is 6.04 Å². The molecule has 1 saturated carbocycles. The molecule has 27 heavy (non-hydrogen) atoms. The Kier molecular flexibility index (Phi) is 6.20. The Balaban J connectivity index is 1.14. The highest BCUT2D eigenvalue weighted by Gasteiger charge is 2.23. The van der Waals surface area contributed by atoms with Gasteiger partial charge in [-0.3, -0.25) is 4.90 Å². The van der Waals surface area contributed by atoms with Gasteiger partial charge in [0.1, 0.15) is 12.1 Å². The van der Waals surface area contributed by atoms with Crippen molar-refractivity contribution in [2.45, 2.75) is 38.1 Å². The lowest BCUT2D eigenvalue weighted by molar-refractivity contribution is 0.218. The topological polar surface area (TPSA) is 44.3 Å². The van der Waals surface area contributed by atoms with E-state index < -0.39 is 0 Å². The Morgan fingerprint density at radius 2 is 1.70 bits per heavy atom. The number of rotatable bonds is 6. The predicted octanol–water partition coefficient (Wildman–Crippen LogP) is 3.66. The molecule has 0 amide bonds. The van der Waals surface area contributed by atoms with Crippen LogP contribution < -0.4 is 10.2 Å². The standard InChI is InChI=1S/C22H31N5/c1-2-4-21(5-3-1)27-16-14-26(15-17-27)13-11-19-6-8-20(9-7-19)25-22-10-12-23-18-24-22/h1-5,10,12,18-20H,6-9,11,13-17H2,(H,23,24,25). The molecule has 0 radical (unpaired) electrons. The van der Waals surface area contributed by atoms with Crippen LogP contribution in [0.15, 0.2) is 48.9 Å². The molecular weight excluding hydrogens is 334 g/mol. The maximum atomic E-state index is 4.28. The molecule has 1 aliphatic carbocycles. The highest BCUT2D eigenvalue weighted by atomic mass is 15.3. The quantitative estimate of drug-likeness (QED) is 0.846. The van der Waals surface area contributed by atoms with Crippen LogP contribution in [0.2, 0.25) is 0 Å². The second kappa shape index (κ2) is 9.18. The largest absolute Gasteiger partial charge is 0.369 e. The Morgan fingerprint density at radius 1 is 0.926 bits per heavy atom. The molecule has 0 unspecified atom stereocenters. The lowest BCUT2D eigenvalue weighted by Gasteiger charge is -2.37. The van der Waals surface area contributed by atoms with Crippen molar-refractivity contribution in [3.8, 4) is 0 Å². The average Bonchev–Trinajstić information content (AvgIpc) is 2.75. The van der Waals surface area contributed by atoms with Gasteiger partial charge in [-0.15, -0.1) is 0 Å². The van der Waals surface area contributed by atoms with E-state index in [1.165, 1.54) is 57.4 Å². The number of benzene rings is 1. The maximum Gasteiger partial charge on any atom is 0.129 e. The second-order valence-corrected chi connectivity index (χ2v) is 7.91. The molecule has 2 fully saturated rings. The fraction of sp³-hybridized carbons (Fsp3) is 0.545. The minimum Gasteiger partial charge on any atom is -0.369 e. The average molecular weight is 366 g/mol. The summed E-state index contributed by atoms with van der Waals surface area (Å²) >= 11 is 0. The Hall–Kier alpha value is -2.14. The molecule has 2 heterocycles. The lowest BCUT2D eigenvalue weighted by Crippen LogP contribution is -2.47. The molecule has 1 aromatic heterocycles. The van der Waals surface area contributed by atoms with Gasteiger partial charge in [0.25, 0.3) is 0 Å². The van der Waals surface area contributed by atoms with E-state index >= 15 is 0 Å². The number of aromatic nitrogens is 2. The van der Waals surface area contributed by atoms with Crippen LogP contribution in [0, 0.1) is 5.92 Å². The molecule has 5 nitrogen and oxygen atoms in total. The van der Waals surface area contributed by atoms with E-state index in [4.69, 9.17) is 0 Å². The van der Waals surface area contributed by atoms with Crippen LogP contribution in [0.5, 0.6) is 0 Å². The molecule has 144 valence electrons. The fourth-order valence-electron chi connectivity index (χ4n) is 4.41. The van der Waals surface area contributed by atoms with Gasteiger partial charge in [0.05, 0.1) is 0 Å². The summed E-state index contributed by atoms with van der Waals surface area (Å²) in [7, 11) is 0. The molecular formula is C22H31N5. The van der Waals surface area contributed by atoms with Crippen molar-refractivity contribution in [3.05, 3.63) is 48.9 Å². The number of hydrogen-bond donors (Lipinski definition) is 1. The molecule has 2 aromatic rings.